The highest BCUT2D eigenvalue weighted by atomic mass is 16.1. The van der Waals surface area contributed by atoms with E-state index in [0.717, 1.165) is 24.2 Å². The zero-order chi connectivity index (χ0) is 13.0. The Balaban J connectivity index is 1.96. The number of rotatable bonds is 4. The van der Waals surface area contributed by atoms with Crippen molar-refractivity contribution in [1.82, 2.24) is 5.32 Å². The molecule has 1 aliphatic rings. The molecule has 2 rings (SSSR count). The Kier molecular flexibility index (Phi) is 4.24. The largest absolute Gasteiger partial charge is 0.385 e. The third-order valence-electron chi connectivity index (χ3n) is 3.71. The molecule has 2 atom stereocenters. The van der Waals surface area contributed by atoms with E-state index in [0.29, 0.717) is 12.0 Å². The minimum atomic E-state index is 0.0526. The first-order valence-electron chi connectivity index (χ1n) is 6.85. The second-order valence-corrected chi connectivity index (χ2v) is 5.10. The van der Waals surface area contributed by atoms with Crippen LogP contribution in [-0.4, -0.2) is 18.5 Å². The third-order valence-corrected chi connectivity index (χ3v) is 3.71. The summed E-state index contributed by atoms with van der Waals surface area (Å²) in [6.45, 7) is 5.17. The molecule has 1 amide bonds. The lowest BCUT2D eigenvalue weighted by Crippen LogP contribution is -2.36. The number of hydrogen-bond donors (Lipinski definition) is 2. The summed E-state index contributed by atoms with van der Waals surface area (Å²) in [4.78, 5) is 12.1. The van der Waals surface area contributed by atoms with Gasteiger partial charge in [0.15, 0.2) is 0 Å². The fraction of sp³-hybridized carbons (Fsp3) is 0.533. The zero-order valence-electron chi connectivity index (χ0n) is 11.2. The van der Waals surface area contributed by atoms with Crippen molar-refractivity contribution in [2.45, 2.75) is 39.2 Å². The molecule has 98 valence electrons. The molecule has 0 bridgehead atoms. The highest BCUT2D eigenvalue weighted by molar-refractivity contribution is 5.94. The molecule has 18 heavy (non-hydrogen) atoms. The van der Waals surface area contributed by atoms with Gasteiger partial charge in [0.2, 0.25) is 0 Å². The first kappa shape index (κ1) is 12.9. The van der Waals surface area contributed by atoms with Crippen LogP contribution in [0.5, 0.6) is 0 Å². The molecule has 0 aliphatic heterocycles. The lowest BCUT2D eigenvalue weighted by Gasteiger charge is -2.17. The number of benzene rings is 1. The van der Waals surface area contributed by atoms with Gasteiger partial charge in [-0.2, -0.15) is 0 Å². The topological polar surface area (TPSA) is 41.1 Å². The van der Waals surface area contributed by atoms with E-state index in [1.807, 2.05) is 24.3 Å². The normalized spacial score (nSPS) is 22.8. The summed E-state index contributed by atoms with van der Waals surface area (Å²) in [5.41, 5.74) is 1.80. The van der Waals surface area contributed by atoms with Gasteiger partial charge in [0.05, 0.1) is 0 Å². The second-order valence-electron chi connectivity index (χ2n) is 5.10. The minimum absolute atomic E-state index is 0.0526. The zero-order valence-corrected chi connectivity index (χ0v) is 11.2. The molecule has 0 aromatic heterocycles. The Morgan fingerprint density at radius 2 is 2.00 bits per heavy atom. The molecule has 2 N–H and O–H groups in total. The quantitative estimate of drug-likeness (QED) is 0.857. The first-order chi connectivity index (χ1) is 8.70. The van der Waals surface area contributed by atoms with Gasteiger partial charge in [0.1, 0.15) is 0 Å². The average molecular weight is 246 g/mol. The number of nitrogens with one attached hydrogen (secondary N) is 2. The molecule has 0 spiro atoms. The SMILES string of the molecule is CCNc1ccc(C(=O)NC2CCCC2C)cc1. The minimum Gasteiger partial charge on any atom is -0.385 e. The number of carbonyl (C=O) groups excluding carboxylic acids is 1. The summed E-state index contributed by atoms with van der Waals surface area (Å²) in [6.07, 6.45) is 3.57. The molecule has 0 radical (unpaired) electrons. The second kappa shape index (κ2) is 5.89. The van der Waals surface area contributed by atoms with Gasteiger partial charge >= 0.3 is 0 Å². The lowest BCUT2D eigenvalue weighted by atomic mass is 10.1. The van der Waals surface area contributed by atoms with E-state index < -0.39 is 0 Å². The smallest absolute Gasteiger partial charge is 0.251 e. The molecule has 0 heterocycles. The van der Waals surface area contributed by atoms with Crippen molar-refractivity contribution in [2.75, 3.05) is 11.9 Å². The van der Waals surface area contributed by atoms with Crippen molar-refractivity contribution in [3.05, 3.63) is 29.8 Å². The Morgan fingerprint density at radius 3 is 2.56 bits per heavy atom. The molecule has 1 fully saturated rings. The van der Waals surface area contributed by atoms with Crippen LogP contribution in [0.1, 0.15) is 43.5 Å². The summed E-state index contributed by atoms with van der Waals surface area (Å²) in [5.74, 6) is 0.659. The van der Waals surface area contributed by atoms with Crippen LogP contribution in [0.15, 0.2) is 24.3 Å². The monoisotopic (exact) mass is 246 g/mol. The molecule has 1 saturated carbocycles. The van der Waals surface area contributed by atoms with Gasteiger partial charge in [-0.05, 0) is 49.9 Å². The van der Waals surface area contributed by atoms with Gasteiger partial charge < -0.3 is 10.6 Å². The molecule has 1 aliphatic carbocycles. The van der Waals surface area contributed by atoms with E-state index in [9.17, 15) is 4.79 Å². The fourth-order valence-corrected chi connectivity index (χ4v) is 2.56. The van der Waals surface area contributed by atoms with Crippen molar-refractivity contribution in [2.24, 2.45) is 5.92 Å². The number of amides is 1. The van der Waals surface area contributed by atoms with Crippen LogP contribution in [0.3, 0.4) is 0 Å². The average Bonchev–Trinajstić information content (AvgIpc) is 2.76. The van der Waals surface area contributed by atoms with Crippen LogP contribution in [0.4, 0.5) is 5.69 Å². The molecule has 0 saturated heterocycles. The van der Waals surface area contributed by atoms with E-state index in [4.69, 9.17) is 0 Å². The van der Waals surface area contributed by atoms with E-state index in [1.54, 1.807) is 0 Å². The Bertz CT molecular complexity index is 399. The van der Waals surface area contributed by atoms with Crippen LogP contribution < -0.4 is 10.6 Å². The highest BCUT2D eigenvalue weighted by Gasteiger charge is 2.24. The van der Waals surface area contributed by atoms with Gasteiger partial charge in [-0.1, -0.05) is 13.3 Å². The van der Waals surface area contributed by atoms with Crippen molar-refractivity contribution >= 4 is 11.6 Å². The molecule has 1 aromatic carbocycles. The molecule has 3 nitrogen and oxygen atoms in total. The van der Waals surface area contributed by atoms with E-state index in [1.165, 1.54) is 12.8 Å². The predicted molar refractivity (Wildman–Crippen MR) is 74.9 cm³/mol. The van der Waals surface area contributed by atoms with Crippen LogP contribution in [0, 0.1) is 5.92 Å². The maximum absolute atomic E-state index is 12.1. The van der Waals surface area contributed by atoms with E-state index in [2.05, 4.69) is 24.5 Å². The van der Waals surface area contributed by atoms with Crippen LogP contribution in [0.2, 0.25) is 0 Å². The van der Waals surface area contributed by atoms with E-state index in [-0.39, 0.29) is 5.91 Å². The Labute approximate surface area is 109 Å². The van der Waals surface area contributed by atoms with Gasteiger partial charge in [-0.15, -0.1) is 0 Å². The lowest BCUT2D eigenvalue weighted by molar-refractivity contribution is 0.0929. The van der Waals surface area contributed by atoms with Gasteiger partial charge in [0.25, 0.3) is 5.91 Å². The number of anilines is 1. The van der Waals surface area contributed by atoms with Crippen molar-refractivity contribution in [1.29, 1.82) is 0 Å². The maximum atomic E-state index is 12.1. The summed E-state index contributed by atoms with van der Waals surface area (Å²) >= 11 is 0. The Hall–Kier alpha value is -1.51. The van der Waals surface area contributed by atoms with Gasteiger partial charge in [-0.25, -0.2) is 0 Å². The van der Waals surface area contributed by atoms with Crippen molar-refractivity contribution in [3.63, 3.8) is 0 Å². The van der Waals surface area contributed by atoms with Crippen molar-refractivity contribution in [3.8, 4) is 0 Å². The highest BCUT2D eigenvalue weighted by Crippen LogP contribution is 2.25. The number of hydrogen-bond acceptors (Lipinski definition) is 2. The molecule has 3 heteroatoms. The molecule has 1 aromatic rings. The summed E-state index contributed by atoms with van der Waals surface area (Å²) < 4.78 is 0. The Morgan fingerprint density at radius 1 is 1.28 bits per heavy atom. The van der Waals surface area contributed by atoms with Gasteiger partial charge in [0, 0.05) is 23.8 Å². The van der Waals surface area contributed by atoms with E-state index >= 15 is 0 Å². The molecular formula is C15H22N2O. The summed E-state index contributed by atoms with van der Waals surface area (Å²) in [5, 5.41) is 6.36. The van der Waals surface area contributed by atoms with Gasteiger partial charge in [-0.3, -0.25) is 4.79 Å². The molecular weight excluding hydrogens is 224 g/mol. The van der Waals surface area contributed by atoms with Crippen LogP contribution in [0.25, 0.3) is 0 Å². The van der Waals surface area contributed by atoms with Crippen molar-refractivity contribution < 1.29 is 4.79 Å². The summed E-state index contributed by atoms with van der Waals surface area (Å²) in [6, 6.07) is 8.03. The summed E-state index contributed by atoms with van der Waals surface area (Å²) in [7, 11) is 0. The predicted octanol–water partition coefficient (Wildman–Crippen LogP) is 3.04. The van der Waals surface area contributed by atoms with Crippen LogP contribution in [-0.2, 0) is 0 Å². The molecule has 2 unspecified atom stereocenters. The first-order valence-corrected chi connectivity index (χ1v) is 6.85. The standard InChI is InChI=1S/C15H22N2O/c1-3-16-13-9-7-12(8-10-13)15(18)17-14-6-4-5-11(14)2/h7-11,14,16H,3-6H2,1-2H3,(H,17,18). The maximum Gasteiger partial charge on any atom is 0.251 e. The number of carbonyl (C=O) groups is 1. The fourth-order valence-electron chi connectivity index (χ4n) is 2.56. The van der Waals surface area contributed by atoms with Crippen LogP contribution >= 0.6 is 0 Å². The third kappa shape index (κ3) is 3.03.